The number of nitrogens with zero attached hydrogens (tertiary/aromatic N) is 3. The highest BCUT2D eigenvalue weighted by atomic mass is 35.5. The van der Waals surface area contributed by atoms with Gasteiger partial charge < -0.3 is 10.6 Å². The second-order valence-electron chi connectivity index (χ2n) is 4.23. The monoisotopic (exact) mass is 331 g/mol. The van der Waals surface area contributed by atoms with Gasteiger partial charge in [0.25, 0.3) is 5.91 Å². The molecule has 0 unspecified atom stereocenters. The summed E-state index contributed by atoms with van der Waals surface area (Å²) >= 11 is 7.04. The number of carbonyl (C=O) groups excluding carboxylic acids is 1. The molecule has 3 heterocycles. The molecule has 3 aromatic heterocycles. The van der Waals surface area contributed by atoms with Gasteiger partial charge in [0.05, 0.1) is 23.8 Å². The lowest BCUT2D eigenvalue weighted by Crippen LogP contribution is -2.12. The van der Waals surface area contributed by atoms with Gasteiger partial charge in [0.2, 0.25) is 0 Å². The number of pyridine rings is 2. The largest absolute Gasteiger partial charge is 0.330 e. The van der Waals surface area contributed by atoms with E-state index in [9.17, 15) is 4.79 Å². The van der Waals surface area contributed by atoms with Crippen LogP contribution in [-0.2, 0) is 0 Å². The summed E-state index contributed by atoms with van der Waals surface area (Å²) in [5, 5.41) is 8.46. The molecule has 0 spiro atoms. The number of hydrogen-bond donors (Lipinski definition) is 2. The molecule has 3 rings (SSSR count). The molecule has 0 aliphatic rings. The molecule has 0 radical (unpaired) electrons. The summed E-state index contributed by atoms with van der Waals surface area (Å²) in [6.45, 7) is 0. The number of thiazole rings is 1. The topological polar surface area (TPSA) is 79.8 Å². The minimum atomic E-state index is -0.306. The van der Waals surface area contributed by atoms with Crippen LogP contribution in [0.2, 0.25) is 5.15 Å². The number of rotatable bonds is 4. The van der Waals surface area contributed by atoms with Crippen LogP contribution in [-0.4, -0.2) is 20.9 Å². The van der Waals surface area contributed by atoms with Crippen molar-refractivity contribution >= 4 is 45.4 Å². The van der Waals surface area contributed by atoms with Gasteiger partial charge in [-0.1, -0.05) is 11.6 Å². The Bertz CT molecular complexity index is 775. The first kappa shape index (κ1) is 14.4. The van der Waals surface area contributed by atoms with Gasteiger partial charge >= 0.3 is 0 Å². The minimum absolute atomic E-state index is 0.306. The van der Waals surface area contributed by atoms with Gasteiger partial charge in [-0.05, 0) is 24.3 Å². The second kappa shape index (κ2) is 6.50. The average molecular weight is 332 g/mol. The summed E-state index contributed by atoms with van der Waals surface area (Å²) in [5.74, 6) is -0.306. The highest BCUT2D eigenvalue weighted by molar-refractivity contribution is 7.14. The van der Waals surface area contributed by atoms with E-state index in [1.807, 2.05) is 12.1 Å². The molecule has 0 fully saturated rings. The molecule has 2 N–H and O–H groups in total. The molecule has 0 aliphatic heterocycles. The Morgan fingerprint density at radius 1 is 1.18 bits per heavy atom. The van der Waals surface area contributed by atoms with Crippen molar-refractivity contribution in [2.45, 2.75) is 0 Å². The van der Waals surface area contributed by atoms with E-state index in [0.717, 1.165) is 5.69 Å². The van der Waals surface area contributed by atoms with Crippen LogP contribution in [0.5, 0.6) is 0 Å². The number of anilines is 3. The van der Waals surface area contributed by atoms with E-state index in [-0.39, 0.29) is 5.91 Å². The predicted octanol–water partition coefficient (Wildman–Crippen LogP) is 3.58. The number of nitrogens with one attached hydrogen (secondary N) is 2. The number of halogens is 1. The van der Waals surface area contributed by atoms with Crippen molar-refractivity contribution in [2.75, 3.05) is 10.6 Å². The highest BCUT2D eigenvalue weighted by Gasteiger charge is 2.11. The molecule has 0 aromatic carbocycles. The Morgan fingerprint density at radius 3 is 2.82 bits per heavy atom. The van der Waals surface area contributed by atoms with Gasteiger partial charge in [0.15, 0.2) is 5.13 Å². The Hall–Kier alpha value is -2.51. The standard InChI is InChI=1S/C14H10ClN5OS/c15-12-4-3-10(7-17-12)18-13(21)11-8-22-14(20-11)19-9-2-1-5-16-6-9/h1-8H,(H,18,21)(H,19,20). The van der Waals surface area contributed by atoms with Crippen LogP contribution in [0.4, 0.5) is 16.5 Å². The summed E-state index contributed by atoms with van der Waals surface area (Å²) < 4.78 is 0. The summed E-state index contributed by atoms with van der Waals surface area (Å²) in [7, 11) is 0. The minimum Gasteiger partial charge on any atom is -0.330 e. The van der Waals surface area contributed by atoms with E-state index in [1.165, 1.54) is 17.5 Å². The summed E-state index contributed by atoms with van der Waals surface area (Å²) in [4.78, 5) is 24.2. The Balaban J connectivity index is 1.67. The smallest absolute Gasteiger partial charge is 0.275 e. The van der Waals surface area contributed by atoms with Crippen molar-refractivity contribution in [3.8, 4) is 0 Å². The lowest BCUT2D eigenvalue weighted by Gasteiger charge is -2.02. The van der Waals surface area contributed by atoms with Gasteiger partial charge in [-0.15, -0.1) is 11.3 Å². The molecule has 110 valence electrons. The molecule has 0 aliphatic carbocycles. The summed E-state index contributed by atoms with van der Waals surface area (Å²) in [6, 6.07) is 6.96. The highest BCUT2D eigenvalue weighted by Crippen LogP contribution is 2.21. The maximum atomic E-state index is 12.1. The third-order valence-corrected chi connectivity index (χ3v) is 3.62. The van der Waals surface area contributed by atoms with Crippen molar-refractivity contribution < 1.29 is 4.79 Å². The molecular weight excluding hydrogens is 322 g/mol. The van der Waals surface area contributed by atoms with Gasteiger partial charge in [0, 0.05) is 11.6 Å². The maximum Gasteiger partial charge on any atom is 0.275 e. The number of aromatic nitrogens is 3. The SMILES string of the molecule is O=C(Nc1ccc(Cl)nc1)c1csc(Nc2cccnc2)n1. The molecule has 22 heavy (non-hydrogen) atoms. The van der Waals surface area contributed by atoms with Gasteiger partial charge in [0.1, 0.15) is 10.8 Å². The fourth-order valence-corrected chi connectivity index (χ4v) is 2.46. The maximum absolute atomic E-state index is 12.1. The third kappa shape index (κ3) is 3.57. The summed E-state index contributed by atoms with van der Waals surface area (Å²) in [5.41, 5.74) is 1.70. The fraction of sp³-hybridized carbons (Fsp3) is 0. The first-order valence-corrected chi connectivity index (χ1v) is 7.52. The van der Waals surface area contributed by atoms with Crippen molar-refractivity contribution in [1.29, 1.82) is 0 Å². The third-order valence-electron chi connectivity index (χ3n) is 2.63. The van der Waals surface area contributed by atoms with Crippen molar-refractivity contribution in [2.24, 2.45) is 0 Å². The van der Waals surface area contributed by atoms with E-state index in [0.29, 0.717) is 21.7 Å². The van der Waals surface area contributed by atoms with E-state index in [2.05, 4.69) is 25.6 Å². The number of carbonyl (C=O) groups is 1. The van der Waals surface area contributed by atoms with Crippen LogP contribution in [0.25, 0.3) is 0 Å². The fourth-order valence-electron chi connectivity index (χ4n) is 1.64. The Labute approximate surface area is 135 Å². The van der Waals surface area contributed by atoms with E-state index in [1.54, 1.807) is 29.9 Å². The van der Waals surface area contributed by atoms with Crippen LogP contribution in [0, 0.1) is 0 Å². The van der Waals surface area contributed by atoms with E-state index in [4.69, 9.17) is 11.6 Å². The number of amides is 1. The zero-order valence-electron chi connectivity index (χ0n) is 11.2. The van der Waals surface area contributed by atoms with E-state index < -0.39 is 0 Å². The van der Waals surface area contributed by atoms with Crippen LogP contribution < -0.4 is 10.6 Å². The van der Waals surface area contributed by atoms with Gasteiger partial charge in [-0.3, -0.25) is 9.78 Å². The normalized spacial score (nSPS) is 10.2. The number of hydrogen-bond acceptors (Lipinski definition) is 6. The van der Waals surface area contributed by atoms with Crippen molar-refractivity contribution in [3.63, 3.8) is 0 Å². The van der Waals surface area contributed by atoms with E-state index >= 15 is 0 Å². The van der Waals surface area contributed by atoms with Crippen molar-refractivity contribution in [3.05, 3.63) is 59.1 Å². The van der Waals surface area contributed by atoms with Gasteiger partial charge in [-0.2, -0.15) is 0 Å². The van der Waals surface area contributed by atoms with Crippen molar-refractivity contribution in [1.82, 2.24) is 15.0 Å². The molecule has 0 bridgehead atoms. The first-order valence-electron chi connectivity index (χ1n) is 6.26. The van der Waals surface area contributed by atoms with Crippen LogP contribution >= 0.6 is 22.9 Å². The molecule has 0 atom stereocenters. The van der Waals surface area contributed by atoms with Crippen LogP contribution in [0.15, 0.2) is 48.2 Å². The lowest BCUT2D eigenvalue weighted by atomic mass is 10.4. The zero-order valence-corrected chi connectivity index (χ0v) is 12.7. The molecule has 0 saturated heterocycles. The van der Waals surface area contributed by atoms with Crippen LogP contribution in [0.1, 0.15) is 10.5 Å². The quantitative estimate of drug-likeness (QED) is 0.714. The molecule has 1 amide bonds. The van der Waals surface area contributed by atoms with Crippen LogP contribution in [0.3, 0.4) is 0 Å². The lowest BCUT2D eigenvalue weighted by molar-refractivity contribution is 0.102. The molecule has 0 saturated carbocycles. The Kier molecular flexibility index (Phi) is 4.27. The first-order chi connectivity index (χ1) is 10.7. The average Bonchev–Trinajstić information content (AvgIpc) is 2.99. The summed E-state index contributed by atoms with van der Waals surface area (Å²) in [6.07, 6.45) is 4.86. The molecule has 6 nitrogen and oxygen atoms in total. The second-order valence-corrected chi connectivity index (χ2v) is 5.47. The Morgan fingerprint density at radius 2 is 2.09 bits per heavy atom. The van der Waals surface area contributed by atoms with Gasteiger partial charge in [-0.25, -0.2) is 9.97 Å². The predicted molar refractivity (Wildman–Crippen MR) is 86.8 cm³/mol. The molecule has 8 heteroatoms. The molecule has 3 aromatic rings. The molecular formula is C14H10ClN5OS. The zero-order chi connectivity index (χ0) is 15.4.